The summed E-state index contributed by atoms with van der Waals surface area (Å²) in [4.78, 5) is 2.32. The number of hydrogen-bond acceptors (Lipinski definition) is 2. The fraction of sp³-hybridized carbons (Fsp3) is 0.357. The van der Waals surface area contributed by atoms with Crippen molar-refractivity contribution in [2.75, 3.05) is 11.9 Å². The van der Waals surface area contributed by atoms with Crippen molar-refractivity contribution in [3.05, 3.63) is 35.4 Å². The highest BCUT2D eigenvalue weighted by Gasteiger charge is 2.29. The summed E-state index contributed by atoms with van der Waals surface area (Å²) in [6.45, 7) is 4.50. The van der Waals surface area contributed by atoms with Gasteiger partial charge >= 0.3 is 0 Å². The van der Waals surface area contributed by atoms with Gasteiger partial charge in [0.25, 0.3) is 0 Å². The monoisotopic (exact) mass is 212 g/mol. The summed E-state index contributed by atoms with van der Waals surface area (Å²) in [5, 5.41) is 8.51. The van der Waals surface area contributed by atoms with Crippen LogP contribution in [-0.2, 0) is 0 Å². The molecule has 1 heterocycles. The molecule has 0 saturated carbocycles. The van der Waals surface area contributed by atoms with Crippen molar-refractivity contribution in [1.29, 1.82) is 5.26 Å². The van der Waals surface area contributed by atoms with Crippen molar-refractivity contribution in [1.82, 2.24) is 0 Å². The van der Waals surface area contributed by atoms with Crippen LogP contribution in [0.4, 0.5) is 5.69 Å². The molecule has 0 amide bonds. The number of nitrogens with zero attached hydrogens (tertiary/aromatic N) is 2. The van der Waals surface area contributed by atoms with Crippen LogP contribution in [0.3, 0.4) is 0 Å². The lowest BCUT2D eigenvalue weighted by Gasteiger charge is -2.20. The molecule has 1 aromatic rings. The summed E-state index contributed by atoms with van der Waals surface area (Å²) < 4.78 is 0. The van der Waals surface area contributed by atoms with Gasteiger partial charge in [-0.05, 0) is 36.3 Å². The van der Waals surface area contributed by atoms with Crippen LogP contribution in [0.1, 0.15) is 30.9 Å². The van der Waals surface area contributed by atoms with Crippen LogP contribution in [0.15, 0.2) is 24.3 Å². The smallest absolute Gasteiger partial charge is 0.0912 e. The summed E-state index contributed by atoms with van der Waals surface area (Å²) >= 11 is 0. The first-order valence-corrected chi connectivity index (χ1v) is 5.58. The molecule has 0 aromatic heterocycles. The number of nitriles is 1. The Morgan fingerprint density at radius 3 is 2.81 bits per heavy atom. The fourth-order valence-corrected chi connectivity index (χ4v) is 2.31. The Morgan fingerprint density at radius 1 is 1.38 bits per heavy atom. The first kappa shape index (κ1) is 10.8. The van der Waals surface area contributed by atoms with Crippen molar-refractivity contribution in [2.24, 2.45) is 0 Å². The molecule has 0 bridgehead atoms. The zero-order valence-electron chi connectivity index (χ0n) is 9.94. The Labute approximate surface area is 96.8 Å². The number of anilines is 1. The van der Waals surface area contributed by atoms with Gasteiger partial charge in [0.1, 0.15) is 0 Å². The lowest BCUT2D eigenvalue weighted by atomic mass is 9.96. The lowest BCUT2D eigenvalue weighted by Crippen LogP contribution is -2.25. The number of likely N-dealkylation sites (N-methyl/N-ethyl adjacent to an activating group) is 1. The van der Waals surface area contributed by atoms with E-state index in [0.717, 1.165) is 5.56 Å². The second-order valence-electron chi connectivity index (χ2n) is 4.42. The Kier molecular flexibility index (Phi) is 2.70. The SMILES string of the molecule is CC1c2cc(C=CC#N)ccc2N(C)C1C. The van der Waals surface area contributed by atoms with Crippen LogP contribution in [0.2, 0.25) is 0 Å². The largest absolute Gasteiger partial charge is 0.371 e. The van der Waals surface area contributed by atoms with Crippen molar-refractivity contribution in [3.63, 3.8) is 0 Å². The van der Waals surface area contributed by atoms with Crippen LogP contribution >= 0.6 is 0 Å². The third-order valence-corrected chi connectivity index (χ3v) is 3.61. The summed E-state index contributed by atoms with van der Waals surface area (Å²) in [6.07, 6.45) is 3.38. The third-order valence-electron chi connectivity index (χ3n) is 3.61. The van der Waals surface area contributed by atoms with Gasteiger partial charge < -0.3 is 4.90 Å². The van der Waals surface area contributed by atoms with E-state index in [9.17, 15) is 0 Å². The highest BCUT2D eigenvalue weighted by atomic mass is 15.2. The number of rotatable bonds is 1. The Hall–Kier alpha value is -1.75. The van der Waals surface area contributed by atoms with E-state index in [2.05, 4.69) is 44.0 Å². The molecule has 82 valence electrons. The molecule has 1 aromatic carbocycles. The molecule has 0 aliphatic carbocycles. The van der Waals surface area contributed by atoms with Crippen LogP contribution in [0.5, 0.6) is 0 Å². The van der Waals surface area contributed by atoms with Crippen LogP contribution in [0.25, 0.3) is 6.08 Å². The maximum absolute atomic E-state index is 8.51. The predicted molar refractivity (Wildman–Crippen MR) is 67.4 cm³/mol. The first-order valence-electron chi connectivity index (χ1n) is 5.58. The summed E-state index contributed by atoms with van der Waals surface area (Å²) in [6, 6.07) is 8.97. The molecule has 2 unspecified atom stereocenters. The van der Waals surface area contributed by atoms with E-state index >= 15 is 0 Å². The molecular formula is C14H16N2. The Morgan fingerprint density at radius 2 is 2.12 bits per heavy atom. The minimum Gasteiger partial charge on any atom is -0.371 e. The second kappa shape index (κ2) is 4.02. The van der Waals surface area contributed by atoms with Crippen LogP contribution in [-0.4, -0.2) is 13.1 Å². The van der Waals surface area contributed by atoms with Gasteiger partial charge in [-0.2, -0.15) is 5.26 Å². The van der Waals surface area contributed by atoms with Gasteiger partial charge in [-0.1, -0.05) is 13.0 Å². The quantitative estimate of drug-likeness (QED) is 0.668. The van der Waals surface area contributed by atoms with Gasteiger partial charge in [0, 0.05) is 30.8 Å². The maximum atomic E-state index is 8.51. The molecule has 1 aliphatic heterocycles. The molecule has 16 heavy (non-hydrogen) atoms. The Bertz CT molecular complexity index is 468. The van der Waals surface area contributed by atoms with E-state index in [-0.39, 0.29) is 0 Å². The standard InChI is InChI=1S/C14H16N2/c1-10-11(2)16(3)14-7-6-12(5-4-8-15)9-13(10)14/h4-7,9-11H,1-3H3. The van der Waals surface area contributed by atoms with E-state index in [0.29, 0.717) is 12.0 Å². The highest BCUT2D eigenvalue weighted by molar-refractivity contribution is 5.66. The van der Waals surface area contributed by atoms with Crippen molar-refractivity contribution in [2.45, 2.75) is 25.8 Å². The van der Waals surface area contributed by atoms with E-state index < -0.39 is 0 Å². The van der Waals surface area contributed by atoms with Crippen LogP contribution in [0, 0.1) is 11.3 Å². The molecule has 0 radical (unpaired) electrons. The van der Waals surface area contributed by atoms with Crippen molar-refractivity contribution in [3.8, 4) is 6.07 Å². The van der Waals surface area contributed by atoms with Gasteiger partial charge in [-0.3, -0.25) is 0 Å². The molecule has 0 saturated heterocycles. The normalized spacial score (nSPS) is 23.5. The molecule has 0 fully saturated rings. The predicted octanol–water partition coefficient (Wildman–Crippen LogP) is 3.17. The maximum Gasteiger partial charge on any atom is 0.0912 e. The molecule has 0 N–H and O–H groups in total. The highest BCUT2D eigenvalue weighted by Crippen LogP contribution is 2.39. The van der Waals surface area contributed by atoms with E-state index in [1.807, 2.05) is 12.1 Å². The third kappa shape index (κ3) is 1.59. The summed E-state index contributed by atoms with van der Waals surface area (Å²) in [5.74, 6) is 0.551. The molecule has 1 aliphatic rings. The lowest BCUT2D eigenvalue weighted by molar-refractivity contribution is 0.626. The zero-order valence-corrected chi connectivity index (χ0v) is 9.94. The molecule has 2 nitrogen and oxygen atoms in total. The minimum absolute atomic E-state index is 0.546. The zero-order chi connectivity index (χ0) is 11.7. The number of hydrogen-bond donors (Lipinski definition) is 0. The van der Waals surface area contributed by atoms with Gasteiger partial charge in [-0.15, -0.1) is 0 Å². The van der Waals surface area contributed by atoms with Gasteiger partial charge in [0.15, 0.2) is 0 Å². The topological polar surface area (TPSA) is 27.0 Å². The molecule has 2 atom stereocenters. The van der Waals surface area contributed by atoms with Gasteiger partial charge in [0.2, 0.25) is 0 Å². The summed E-state index contributed by atoms with van der Waals surface area (Å²) in [7, 11) is 2.14. The number of benzene rings is 1. The van der Waals surface area contributed by atoms with E-state index in [4.69, 9.17) is 5.26 Å². The fourth-order valence-electron chi connectivity index (χ4n) is 2.31. The molecule has 2 heteroatoms. The molecule has 2 rings (SSSR count). The van der Waals surface area contributed by atoms with E-state index in [1.54, 1.807) is 0 Å². The van der Waals surface area contributed by atoms with Gasteiger partial charge in [-0.25, -0.2) is 0 Å². The van der Waals surface area contributed by atoms with Gasteiger partial charge in [0.05, 0.1) is 6.07 Å². The number of allylic oxidation sites excluding steroid dienone is 1. The van der Waals surface area contributed by atoms with E-state index in [1.165, 1.54) is 17.3 Å². The first-order chi connectivity index (χ1) is 7.65. The minimum atomic E-state index is 0.546. The molecule has 0 spiro atoms. The van der Waals surface area contributed by atoms with Crippen LogP contribution < -0.4 is 4.90 Å². The average Bonchev–Trinajstić information content (AvgIpc) is 2.52. The Balaban J connectivity index is 2.42. The van der Waals surface area contributed by atoms with Crippen molar-refractivity contribution >= 4 is 11.8 Å². The van der Waals surface area contributed by atoms with Crippen molar-refractivity contribution < 1.29 is 0 Å². The summed E-state index contributed by atoms with van der Waals surface area (Å²) in [5.41, 5.74) is 3.80. The molecular weight excluding hydrogens is 196 g/mol. The second-order valence-corrected chi connectivity index (χ2v) is 4.42. The number of fused-ring (bicyclic) bond motifs is 1. The average molecular weight is 212 g/mol.